The topological polar surface area (TPSA) is 81.1 Å². The number of nitrogen functional groups attached to an aromatic ring is 1. The number of anilines is 1. The Balaban J connectivity index is 2.80. The number of amides is 1. The number of nitrogens with two attached hydrogens (primary N) is 2. The van der Waals surface area contributed by atoms with Gasteiger partial charge in [0.25, 0.3) is 5.91 Å². The molecule has 5 heteroatoms. The van der Waals surface area contributed by atoms with Gasteiger partial charge in [-0.05, 0) is 18.2 Å². The highest BCUT2D eigenvalue weighted by Crippen LogP contribution is 2.12. The zero-order valence-electron chi connectivity index (χ0n) is 7.59. The maximum Gasteiger partial charge on any atom is 0.253 e. The van der Waals surface area contributed by atoms with Crippen LogP contribution >= 0.6 is 0 Å². The largest absolute Gasteiger partial charge is 0.398 e. The van der Waals surface area contributed by atoms with Crippen molar-refractivity contribution < 1.29 is 9.18 Å². The molecule has 0 saturated heterocycles. The first-order valence-corrected chi connectivity index (χ1v) is 4.18. The van der Waals surface area contributed by atoms with Gasteiger partial charge in [0.15, 0.2) is 0 Å². The van der Waals surface area contributed by atoms with Crippen LogP contribution in [0.5, 0.6) is 0 Å². The minimum Gasteiger partial charge on any atom is -0.398 e. The first-order chi connectivity index (χ1) is 6.65. The quantitative estimate of drug-likeness (QED) is 0.601. The average Bonchev–Trinajstić information content (AvgIpc) is 2.14. The molecule has 1 aromatic carbocycles. The fourth-order valence-electron chi connectivity index (χ4n) is 1.02. The van der Waals surface area contributed by atoms with Crippen LogP contribution < -0.4 is 16.8 Å². The number of carbonyl (C=O) groups is 1. The van der Waals surface area contributed by atoms with Crippen molar-refractivity contribution in [1.29, 1.82) is 0 Å². The lowest BCUT2D eigenvalue weighted by atomic mass is 10.1. The Bertz CT molecular complexity index is 341. The van der Waals surface area contributed by atoms with E-state index in [4.69, 9.17) is 11.5 Å². The molecule has 0 unspecified atom stereocenters. The first-order valence-electron chi connectivity index (χ1n) is 4.18. The maximum absolute atomic E-state index is 12.6. The SMILES string of the molecule is NCCNC(=O)c1ccc(F)cc1N. The molecule has 0 atom stereocenters. The Labute approximate surface area is 81.1 Å². The Hall–Kier alpha value is -1.62. The average molecular weight is 197 g/mol. The third-order valence-corrected chi connectivity index (χ3v) is 1.69. The van der Waals surface area contributed by atoms with Crippen LogP contribution in [-0.4, -0.2) is 19.0 Å². The summed E-state index contributed by atoms with van der Waals surface area (Å²) in [4.78, 5) is 11.4. The van der Waals surface area contributed by atoms with E-state index >= 15 is 0 Å². The van der Waals surface area contributed by atoms with Crippen molar-refractivity contribution in [3.8, 4) is 0 Å². The van der Waals surface area contributed by atoms with Crippen LogP contribution in [0, 0.1) is 5.82 Å². The Morgan fingerprint density at radius 3 is 2.79 bits per heavy atom. The molecule has 0 heterocycles. The molecule has 14 heavy (non-hydrogen) atoms. The highest BCUT2D eigenvalue weighted by atomic mass is 19.1. The lowest BCUT2D eigenvalue weighted by Gasteiger charge is -2.05. The lowest BCUT2D eigenvalue weighted by molar-refractivity contribution is 0.0955. The number of hydrogen-bond acceptors (Lipinski definition) is 3. The van der Waals surface area contributed by atoms with E-state index in [1.54, 1.807) is 0 Å². The summed E-state index contributed by atoms with van der Waals surface area (Å²) in [5.74, 6) is -0.800. The maximum atomic E-state index is 12.6. The number of benzene rings is 1. The predicted octanol–water partition coefficient (Wildman–Crippen LogP) is 0.0964. The minimum absolute atomic E-state index is 0.125. The van der Waals surface area contributed by atoms with Gasteiger partial charge >= 0.3 is 0 Å². The van der Waals surface area contributed by atoms with Crippen molar-refractivity contribution in [2.45, 2.75) is 0 Å². The van der Waals surface area contributed by atoms with Crippen molar-refractivity contribution in [2.75, 3.05) is 18.8 Å². The zero-order valence-corrected chi connectivity index (χ0v) is 7.59. The molecule has 76 valence electrons. The van der Waals surface area contributed by atoms with Gasteiger partial charge in [-0.1, -0.05) is 0 Å². The molecule has 0 aliphatic carbocycles. The number of halogens is 1. The minimum atomic E-state index is -0.460. The molecule has 1 aromatic rings. The predicted molar refractivity (Wildman–Crippen MR) is 52.2 cm³/mol. The van der Waals surface area contributed by atoms with Crippen molar-refractivity contribution in [1.82, 2.24) is 5.32 Å². The molecule has 0 fully saturated rings. The molecule has 0 aliphatic rings. The van der Waals surface area contributed by atoms with Gasteiger partial charge in [0.2, 0.25) is 0 Å². The van der Waals surface area contributed by atoms with Gasteiger partial charge in [0.05, 0.1) is 5.56 Å². The van der Waals surface area contributed by atoms with Gasteiger partial charge in [-0.25, -0.2) is 4.39 Å². The third-order valence-electron chi connectivity index (χ3n) is 1.69. The molecule has 4 nitrogen and oxygen atoms in total. The van der Waals surface area contributed by atoms with Crippen LogP contribution in [0.15, 0.2) is 18.2 Å². The second-order valence-corrected chi connectivity index (χ2v) is 2.78. The molecule has 0 radical (unpaired) electrons. The highest BCUT2D eigenvalue weighted by Gasteiger charge is 2.08. The summed E-state index contributed by atoms with van der Waals surface area (Å²) in [6, 6.07) is 3.64. The van der Waals surface area contributed by atoms with E-state index in [1.165, 1.54) is 12.1 Å². The van der Waals surface area contributed by atoms with E-state index in [-0.39, 0.29) is 17.2 Å². The van der Waals surface area contributed by atoms with E-state index < -0.39 is 5.82 Å². The fraction of sp³-hybridized carbons (Fsp3) is 0.222. The molecule has 1 rings (SSSR count). The summed E-state index contributed by atoms with van der Waals surface area (Å²) in [6.07, 6.45) is 0. The van der Waals surface area contributed by atoms with Crippen molar-refractivity contribution >= 4 is 11.6 Å². The normalized spacial score (nSPS) is 9.86. The van der Waals surface area contributed by atoms with Crippen LogP contribution in [-0.2, 0) is 0 Å². The molecule has 0 bridgehead atoms. The second-order valence-electron chi connectivity index (χ2n) is 2.78. The molecule has 5 N–H and O–H groups in total. The number of nitrogens with one attached hydrogen (secondary N) is 1. The van der Waals surface area contributed by atoms with Gasteiger partial charge in [0, 0.05) is 18.8 Å². The highest BCUT2D eigenvalue weighted by molar-refractivity contribution is 5.99. The summed E-state index contributed by atoms with van der Waals surface area (Å²) < 4.78 is 12.6. The fourth-order valence-corrected chi connectivity index (χ4v) is 1.02. The smallest absolute Gasteiger partial charge is 0.253 e. The van der Waals surface area contributed by atoms with E-state index in [0.717, 1.165) is 6.07 Å². The summed E-state index contributed by atoms with van der Waals surface area (Å²) in [5.41, 5.74) is 11.1. The lowest BCUT2D eigenvalue weighted by Crippen LogP contribution is -2.29. The molecule has 1 amide bonds. The Morgan fingerprint density at radius 2 is 2.21 bits per heavy atom. The summed E-state index contributed by atoms with van der Waals surface area (Å²) in [5, 5.41) is 2.54. The van der Waals surface area contributed by atoms with Crippen LogP contribution in [0.3, 0.4) is 0 Å². The van der Waals surface area contributed by atoms with E-state index in [0.29, 0.717) is 13.1 Å². The molecule has 0 saturated carbocycles. The summed E-state index contributed by atoms with van der Waals surface area (Å²) in [6.45, 7) is 0.725. The Morgan fingerprint density at radius 1 is 1.50 bits per heavy atom. The molecule has 0 spiro atoms. The van der Waals surface area contributed by atoms with Crippen LogP contribution in [0.25, 0.3) is 0 Å². The zero-order chi connectivity index (χ0) is 10.6. The summed E-state index contributed by atoms with van der Waals surface area (Å²) in [7, 11) is 0. The monoisotopic (exact) mass is 197 g/mol. The number of rotatable bonds is 3. The number of carbonyl (C=O) groups excluding carboxylic acids is 1. The van der Waals surface area contributed by atoms with E-state index in [1.807, 2.05) is 0 Å². The molecule has 0 aromatic heterocycles. The number of hydrogen-bond donors (Lipinski definition) is 3. The molecular formula is C9H12FN3O. The Kier molecular flexibility index (Phi) is 3.41. The van der Waals surface area contributed by atoms with Crippen molar-refractivity contribution in [3.63, 3.8) is 0 Å². The standard InChI is InChI=1S/C9H12FN3O/c10-6-1-2-7(8(12)5-6)9(14)13-4-3-11/h1-2,5H,3-4,11-12H2,(H,13,14). The van der Waals surface area contributed by atoms with Gasteiger partial charge in [0.1, 0.15) is 5.82 Å². The van der Waals surface area contributed by atoms with Gasteiger partial charge in [-0.3, -0.25) is 4.79 Å². The van der Waals surface area contributed by atoms with E-state index in [9.17, 15) is 9.18 Å². The summed E-state index contributed by atoms with van der Waals surface area (Å²) >= 11 is 0. The van der Waals surface area contributed by atoms with Crippen molar-refractivity contribution in [2.24, 2.45) is 5.73 Å². The third kappa shape index (κ3) is 2.43. The van der Waals surface area contributed by atoms with Crippen LogP contribution in [0.2, 0.25) is 0 Å². The first kappa shape index (κ1) is 10.5. The van der Waals surface area contributed by atoms with Gasteiger partial charge in [-0.2, -0.15) is 0 Å². The van der Waals surface area contributed by atoms with Crippen molar-refractivity contribution in [3.05, 3.63) is 29.6 Å². The van der Waals surface area contributed by atoms with Crippen LogP contribution in [0.4, 0.5) is 10.1 Å². The van der Waals surface area contributed by atoms with E-state index in [2.05, 4.69) is 5.32 Å². The molecular weight excluding hydrogens is 185 g/mol. The van der Waals surface area contributed by atoms with Crippen LogP contribution in [0.1, 0.15) is 10.4 Å². The van der Waals surface area contributed by atoms with Gasteiger partial charge < -0.3 is 16.8 Å². The second kappa shape index (κ2) is 4.57. The van der Waals surface area contributed by atoms with Gasteiger partial charge in [-0.15, -0.1) is 0 Å². The molecule has 0 aliphatic heterocycles.